The average Bonchev–Trinajstić information content (AvgIpc) is 2.45. The van der Waals surface area contributed by atoms with Crippen molar-refractivity contribution >= 4 is 17.7 Å². The van der Waals surface area contributed by atoms with Gasteiger partial charge in [-0.05, 0) is 31.2 Å². The number of carbonyl (C=O) groups is 1. The first kappa shape index (κ1) is 15.4. The number of aryl methyl sites for hydroxylation is 1. The Morgan fingerprint density at radius 3 is 2.62 bits per heavy atom. The lowest BCUT2D eigenvalue weighted by molar-refractivity contribution is 0.0687. The molecule has 0 atom stereocenters. The second-order valence-corrected chi connectivity index (χ2v) is 5.60. The summed E-state index contributed by atoms with van der Waals surface area (Å²) in [4.78, 5) is 12.1. The van der Waals surface area contributed by atoms with E-state index < -0.39 is 17.3 Å². The number of rotatable bonds is 6. The van der Waals surface area contributed by atoms with Gasteiger partial charge in [-0.25, -0.2) is 9.18 Å². The number of aromatic carboxylic acids is 1. The predicted molar refractivity (Wildman–Crippen MR) is 80.8 cm³/mol. The summed E-state index contributed by atoms with van der Waals surface area (Å²) in [6, 6.07) is 12.1. The molecule has 0 fully saturated rings. The summed E-state index contributed by atoms with van der Waals surface area (Å²) in [5, 5.41) is 8.98. The summed E-state index contributed by atoms with van der Waals surface area (Å²) in [5.74, 6) is -1.40. The van der Waals surface area contributed by atoms with Crippen molar-refractivity contribution in [1.82, 2.24) is 0 Å². The quantitative estimate of drug-likeness (QED) is 0.647. The van der Waals surface area contributed by atoms with Crippen LogP contribution in [0.5, 0.6) is 5.75 Å². The highest BCUT2D eigenvalue weighted by Crippen LogP contribution is 2.23. The molecule has 0 bridgehead atoms. The van der Waals surface area contributed by atoms with Gasteiger partial charge >= 0.3 is 5.97 Å². The topological polar surface area (TPSA) is 46.5 Å². The number of ether oxygens (including phenoxy) is 1. The lowest BCUT2D eigenvalue weighted by Gasteiger charge is -2.09. The van der Waals surface area contributed by atoms with Gasteiger partial charge in [0, 0.05) is 10.6 Å². The van der Waals surface area contributed by atoms with Crippen LogP contribution in [0.2, 0.25) is 0 Å². The lowest BCUT2D eigenvalue weighted by atomic mass is 10.2. The van der Waals surface area contributed by atoms with E-state index in [-0.39, 0.29) is 5.75 Å². The van der Waals surface area contributed by atoms with Crippen LogP contribution < -0.4 is 4.74 Å². The minimum absolute atomic E-state index is 0.0620. The molecule has 0 aliphatic heterocycles. The number of thioether (sulfide) groups is 1. The zero-order valence-corrected chi connectivity index (χ0v) is 12.3. The van der Waals surface area contributed by atoms with Gasteiger partial charge in [0.05, 0.1) is 6.61 Å². The van der Waals surface area contributed by atoms with Crippen LogP contribution in [0.4, 0.5) is 4.39 Å². The van der Waals surface area contributed by atoms with Gasteiger partial charge in [0.25, 0.3) is 0 Å². The second-order valence-electron chi connectivity index (χ2n) is 4.43. The zero-order valence-electron chi connectivity index (χ0n) is 11.5. The standard InChI is InChI=1S/C16H15FO3S/c1-11-5-7-12(8-6-11)21-10-9-20-14-4-2-3-13(17)15(14)16(18)19/h2-8H,9-10H2,1H3,(H,18,19). The Morgan fingerprint density at radius 1 is 1.24 bits per heavy atom. The predicted octanol–water partition coefficient (Wildman–Crippen LogP) is 4.00. The maximum atomic E-state index is 13.4. The third kappa shape index (κ3) is 4.23. The first-order valence-corrected chi connectivity index (χ1v) is 7.40. The Kier molecular flexibility index (Phi) is 5.22. The van der Waals surface area contributed by atoms with Crippen LogP contribution in [-0.2, 0) is 0 Å². The summed E-state index contributed by atoms with van der Waals surface area (Å²) in [6.07, 6.45) is 0. The molecule has 2 aromatic carbocycles. The van der Waals surface area contributed by atoms with Gasteiger partial charge in [0.2, 0.25) is 0 Å². The van der Waals surface area contributed by atoms with Crippen molar-refractivity contribution in [3.05, 3.63) is 59.4 Å². The number of hydrogen-bond acceptors (Lipinski definition) is 3. The molecule has 21 heavy (non-hydrogen) atoms. The second kappa shape index (κ2) is 7.13. The normalized spacial score (nSPS) is 10.4. The Hall–Kier alpha value is -2.01. The largest absolute Gasteiger partial charge is 0.492 e. The maximum Gasteiger partial charge on any atom is 0.342 e. The van der Waals surface area contributed by atoms with Crippen molar-refractivity contribution in [2.45, 2.75) is 11.8 Å². The highest BCUT2D eigenvalue weighted by molar-refractivity contribution is 7.99. The number of carboxylic acids is 1. The number of carboxylic acid groups (broad SMARTS) is 1. The third-order valence-electron chi connectivity index (χ3n) is 2.82. The van der Waals surface area contributed by atoms with E-state index in [0.717, 1.165) is 11.0 Å². The Balaban J connectivity index is 1.90. The van der Waals surface area contributed by atoms with Crippen molar-refractivity contribution < 1.29 is 19.0 Å². The van der Waals surface area contributed by atoms with Gasteiger partial charge in [-0.1, -0.05) is 23.8 Å². The van der Waals surface area contributed by atoms with Crippen molar-refractivity contribution in [3.8, 4) is 5.75 Å². The van der Waals surface area contributed by atoms with Crippen LogP contribution >= 0.6 is 11.8 Å². The molecule has 0 aliphatic rings. The molecular weight excluding hydrogens is 291 g/mol. The highest BCUT2D eigenvalue weighted by Gasteiger charge is 2.16. The molecule has 3 nitrogen and oxygen atoms in total. The Morgan fingerprint density at radius 2 is 1.95 bits per heavy atom. The van der Waals surface area contributed by atoms with E-state index in [1.807, 2.05) is 31.2 Å². The lowest BCUT2D eigenvalue weighted by Crippen LogP contribution is -2.08. The van der Waals surface area contributed by atoms with Crippen LogP contribution in [0.15, 0.2) is 47.4 Å². The van der Waals surface area contributed by atoms with Gasteiger partial charge in [0.15, 0.2) is 0 Å². The van der Waals surface area contributed by atoms with Gasteiger partial charge < -0.3 is 9.84 Å². The molecular formula is C16H15FO3S. The summed E-state index contributed by atoms with van der Waals surface area (Å²) in [5.41, 5.74) is 0.777. The first-order valence-electron chi connectivity index (χ1n) is 6.42. The fourth-order valence-corrected chi connectivity index (χ4v) is 2.51. The van der Waals surface area contributed by atoms with E-state index in [0.29, 0.717) is 12.4 Å². The molecule has 110 valence electrons. The highest BCUT2D eigenvalue weighted by atomic mass is 32.2. The summed E-state index contributed by atoms with van der Waals surface area (Å²) in [7, 11) is 0. The SMILES string of the molecule is Cc1ccc(SCCOc2cccc(F)c2C(=O)O)cc1. The molecule has 1 N–H and O–H groups in total. The molecule has 0 saturated carbocycles. The maximum absolute atomic E-state index is 13.4. The Labute approximate surface area is 126 Å². The molecule has 0 amide bonds. The fraction of sp³-hybridized carbons (Fsp3) is 0.188. The molecule has 2 aromatic rings. The van der Waals surface area contributed by atoms with Crippen LogP contribution in [0.1, 0.15) is 15.9 Å². The van der Waals surface area contributed by atoms with Crippen LogP contribution in [0, 0.1) is 12.7 Å². The van der Waals surface area contributed by atoms with Crippen LogP contribution in [0.25, 0.3) is 0 Å². The minimum atomic E-state index is -1.32. The molecule has 0 unspecified atom stereocenters. The molecule has 2 rings (SSSR count). The first-order chi connectivity index (χ1) is 10.1. The minimum Gasteiger partial charge on any atom is -0.492 e. The van der Waals surface area contributed by atoms with Crippen molar-refractivity contribution in [1.29, 1.82) is 0 Å². The van der Waals surface area contributed by atoms with Crippen molar-refractivity contribution in [2.75, 3.05) is 12.4 Å². The van der Waals surface area contributed by atoms with Crippen LogP contribution in [-0.4, -0.2) is 23.4 Å². The van der Waals surface area contributed by atoms with Crippen molar-refractivity contribution in [2.24, 2.45) is 0 Å². The third-order valence-corrected chi connectivity index (χ3v) is 3.80. The van der Waals surface area contributed by atoms with E-state index in [4.69, 9.17) is 9.84 Å². The number of halogens is 1. The molecule has 0 heterocycles. The number of benzene rings is 2. The monoisotopic (exact) mass is 306 g/mol. The van der Waals surface area contributed by atoms with E-state index in [1.54, 1.807) is 11.8 Å². The van der Waals surface area contributed by atoms with E-state index in [9.17, 15) is 9.18 Å². The average molecular weight is 306 g/mol. The molecule has 0 spiro atoms. The van der Waals surface area contributed by atoms with Gasteiger partial charge in [-0.15, -0.1) is 11.8 Å². The number of hydrogen-bond donors (Lipinski definition) is 1. The van der Waals surface area contributed by atoms with E-state index in [1.165, 1.54) is 17.7 Å². The molecule has 0 aromatic heterocycles. The van der Waals surface area contributed by atoms with Gasteiger partial charge in [0.1, 0.15) is 17.1 Å². The summed E-state index contributed by atoms with van der Waals surface area (Å²) in [6.45, 7) is 2.33. The Bertz CT molecular complexity index is 626. The molecule has 5 heteroatoms. The van der Waals surface area contributed by atoms with Gasteiger partial charge in [-0.2, -0.15) is 0 Å². The smallest absolute Gasteiger partial charge is 0.342 e. The molecule has 0 radical (unpaired) electrons. The fourth-order valence-electron chi connectivity index (χ4n) is 1.78. The molecule has 0 saturated heterocycles. The molecule has 0 aliphatic carbocycles. The summed E-state index contributed by atoms with van der Waals surface area (Å²) >= 11 is 1.60. The van der Waals surface area contributed by atoms with E-state index in [2.05, 4.69) is 0 Å². The van der Waals surface area contributed by atoms with Crippen molar-refractivity contribution in [3.63, 3.8) is 0 Å². The zero-order chi connectivity index (χ0) is 15.2. The van der Waals surface area contributed by atoms with Crippen LogP contribution in [0.3, 0.4) is 0 Å². The summed E-state index contributed by atoms with van der Waals surface area (Å²) < 4.78 is 18.8. The van der Waals surface area contributed by atoms with Gasteiger partial charge in [-0.3, -0.25) is 0 Å². The van der Waals surface area contributed by atoms with E-state index >= 15 is 0 Å².